The summed E-state index contributed by atoms with van der Waals surface area (Å²) >= 11 is 0. The van der Waals surface area contributed by atoms with Crippen LogP contribution in [-0.4, -0.2) is 53.3 Å². The molecule has 1 rings (SSSR count). The molecule has 5 nitrogen and oxygen atoms in total. The first-order valence-electron chi connectivity index (χ1n) is 5.64. The molecule has 0 spiro atoms. The third kappa shape index (κ3) is 2.04. The van der Waals surface area contributed by atoms with Gasteiger partial charge in [-0.3, -0.25) is 14.5 Å². The quantitative estimate of drug-likeness (QED) is 0.726. The van der Waals surface area contributed by atoms with E-state index in [-0.39, 0.29) is 17.9 Å². The molecule has 1 aliphatic rings. The standard InChI is InChI=1S/C11H21N3O2/c1-5-8(9(12)15)14-7-6-13(4)10(16)11(14,2)3/h8H,5-7H2,1-4H3,(H2,12,15). The minimum absolute atomic E-state index is 0.0402. The van der Waals surface area contributed by atoms with Gasteiger partial charge in [0.2, 0.25) is 11.8 Å². The van der Waals surface area contributed by atoms with E-state index >= 15 is 0 Å². The van der Waals surface area contributed by atoms with Crippen molar-refractivity contribution >= 4 is 11.8 Å². The highest BCUT2D eigenvalue weighted by atomic mass is 16.2. The van der Waals surface area contributed by atoms with Crippen LogP contribution in [0.5, 0.6) is 0 Å². The van der Waals surface area contributed by atoms with Crippen molar-refractivity contribution in [2.45, 2.75) is 38.8 Å². The van der Waals surface area contributed by atoms with E-state index in [4.69, 9.17) is 5.73 Å². The Hall–Kier alpha value is -1.10. The van der Waals surface area contributed by atoms with E-state index < -0.39 is 5.54 Å². The van der Waals surface area contributed by atoms with E-state index in [1.165, 1.54) is 0 Å². The van der Waals surface area contributed by atoms with Crippen LogP contribution in [-0.2, 0) is 9.59 Å². The van der Waals surface area contributed by atoms with Crippen LogP contribution in [0.3, 0.4) is 0 Å². The second-order valence-electron chi connectivity index (χ2n) is 4.81. The molecule has 1 fully saturated rings. The molecule has 2 N–H and O–H groups in total. The lowest BCUT2D eigenvalue weighted by molar-refractivity contribution is -0.151. The SMILES string of the molecule is CCC(C(N)=O)N1CCN(C)C(=O)C1(C)C. The molecule has 0 aromatic carbocycles. The number of hydrogen-bond donors (Lipinski definition) is 1. The summed E-state index contributed by atoms with van der Waals surface area (Å²) in [6.45, 7) is 6.93. The van der Waals surface area contributed by atoms with Crippen LogP contribution < -0.4 is 5.73 Å². The molecule has 0 aromatic heterocycles. The van der Waals surface area contributed by atoms with Gasteiger partial charge in [0.15, 0.2) is 0 Å². The average Bonchev–Trinajstić information content (AvgIpc) is 2.19. The lowest BCUT2D eigenvalue weighted by atomic mass is 9.94. The van der Waals surface area contributed by atoms with E-state index in [0.29, 0.717) is 19.5 Å². The molecule has 5 heteroatoms. The molecule has 2 amide bonds. The van der Waals surface area contributed by atoms with Crippen molar-refractivity contribution in [3.05, 3.63) is 0 Å². The normalized spacial score (nSPS) is 23.2. The molecule has 16 heavy (non-hydrogen) atoms. The van der Waals surface area contributed by atoms with Gasteiger partial charge in [-0.2, -0.15) is 0 Å². The lowest BCUT2D eigenvalue weighted by Gasteiger charge is -2.47. The van der Waals surface area contributed by atoms with Gasteiger partial charge >= 0.3 is 0 Å². The summed E-state index contributed by atoms with van der Waals surface area (Å²) in [5.74, 6) is -0.314. The lowest BCUT2D eigenvalue weighted by Crippen LogP contribution is -2.66. The van der Waals surface area contributed by atoms with Gasteiger partial charge in [-0.1, -0.05) is 6.92 Å². The number of nitrogens with two attached hydrogens (primary N) is 1. The monoisotopic (exact) mass is 227 g/mol. The van der Waals surface area contributed by atoms with E-state index in [0.717, 1.165) is 0 Å². The highest BCUT2D eigenvalue weighted by Crippen LogP contribution is 2.25. The molecule has 0 radical (unpaired) electrons. The molecule has 1 heterocycles. The Morgan fingerprint density at radius 3 is 2.50 bits per heavy atom. The van der Waals surface area contributed by atoms with Crippen LogP contribution in [0.25, 0.3) is 0 Å². The van der Waals surface area contributed by atoms with Crippen LogP contribution in [0.4, 0.5) is 0 Å². The Labute approximate surface area is 96.6 Å². The van der Waals surface area contributed by atoms with Crippen LogP contribution in [0.15, 0.2) is 0 Å². The number of carbonyl (C=O) groups is 2. The first-order valence-corrected chi connectivity index (χ1v) is 5.64. The Kier molecular flexibility index (Phi) is 3.57. The third-order valence-corrected chi connectivity index (χ3v) is 3.36. The summed E-state index contributed by atoms with van der Waals surface area (Å²) in [6.07, 6.45) is 0.635. The van der Waals surface area contributed by atoms with Gasteiger partial charge in [0.05, 0.1) is 11.6 Å². The van der Waals surface area contributed by atoms with Crippen molar-refractivity contribution in [1.82, 2.24) is 9.80 Å². The minimum atomic E-state index is -0.650. The number of nitrogens with zero attached hydrogens (tertiary/aromatic N) is 2. The van der Waals surface area contributed by atoms with Crippen LogP contribution in [0.1, 0.15) is 27.2 Å². The van der Waals surface area contributed by atoms with Crippen LogP contribution >= 0.6 is 0 Å². The van der Waals surface area contributed by atoms with Crippen molar-refractivity contribution < 1.29 is 9.59 Å². The first-order chi connectivity index (χ1) is 7.32. The van der Waals surface area contributed by atoms with Crippen LogP contribution in [0, 0.1) is 0 Å². The van der Waals surface area contributed by atoms with E-state index in [1.807, 2.05) is 25.7 Å². The Morgan fingerprint density at radius 2 is 2.06 bits per heavy atom. The second-order valence-corrected chi connectivity index (χ2v) is 4.81. The summed E-state index contributed by atoms with van der Waals surface area (Å²) < 4.78 is 0. The second kappa shape index (κ2) is 4.41. The zero-order chi connectivity index (χ0) is 12.5. The first kappa shape index (κ1) is 13.0. The summed E-state index contributed by atoms with van der Waals surface area (Å²) in [5, 5.41) is 0. The summed E-state index contributed by atoms with van der Waals surface area (Å²) in [4.78, 5) is 27.0. The number of hydrogen-bond acceptors (Lipinski definition) is 3. The van der Waals surface area contributed by atoms with Gasteiger partial charge < -0.3 is 10.6 Å². The predicted octanol–water partition coefficient (Wildman–Crippen LogP) is -0.197. The number of likely N-dealkylation sites (N-methyl/N-ethyl adjacent to an activating group) is 1. The Balaban J connectivity index is 2.96. The number of piperazine rings is 1. The van der Waals surface area contributed by atoms with Crippen molar-refractivity contribution in [3.63, 3.8) is 0 Å². The molecule has 0 bridgehead atoms. The van der Waals surface area contributed by atoms with Gasteiger partial charge in [-0.25, -0.2) is 0 Å². The highest BCUT2D eigenvalue weighted by molar-refractivity contribution is 5.88. The molecule has 92 valence electrons. The van der Waals surface area contributed by atoms with E-state index in [2.05, 4.69) is 0 Å². The van der Waals surface area contributed by atoms with Crippen molar-refractivity contribution in [2.24, 2.45) is 5.73 Å². The van der Waals surface area contributed by atoms with Gasteiger partial charge in [0.1, 0.15) is 0 Å². The highest BCUT2D eigenvalue weighted by Gasteiger charge is 2.44. The zero-order valence-corrected chi connectivity index (χ0v) is 10.5. The zero-order valence-electron chi connectivity index (χ0n) is 10.5. The third-order valence-electron chi connectivity index (χ3n) is 3.36. The Morgan fingerprint density at radius 1 is 1.50 bits per heavy atom. The molecule has 1 aliphatic heterocycles. The Bertz CT molecular complexity index is 302. The smallest absolute Gasteiger partial charge is 0.242 e. The fourth-order valence-electron chi connectivity index (χ4n) is 2.35. The topological polar surface area (TPSA) is 66.6 Å². The summed E-state index contributed by atoms with van der Waals surface area (Å²) in [5.41, 5.74) is 4.72. The van der Waals surface area contributed by atoms with Crippen molar-refractivity contribution in [2.75, 3.05) is 20.1 Å². The fourth-order valence-corrected chi connectivity index (χ4v) is 2.35. The molecule has 0 aliphatic carbocycles. The van der Waals surface area contributed by atoms with E-state index in [9.17, 15) is 9.59 Å². The molecule has 1 saturated heterocycles. The van der Waals surface area contributed by atoms with Crippen LogP contribution in [0.2, 0.25) is 0 Å². The van der Waals surface area contributed by atoms with Gasteiger partial charge in [-0.05, 0) is 20.3 Å². The molecule has 1 atom stereocenters. The number of carbonyl (C=O) groups excluding carboxylic acids is 2. The predicted molar refractivity (Wildman–Crippen MR) is 61.7 cm³/mol. The van der Waals surface area contributed by atoms with E-state index in [1.54, 1.807) is 11.9 Å². The van der Waals surface area contributed by atoms with Gasteiger partial charge in [-0.15, -0.1) is 0 Å². The van der Waals surface area contributed by atoms with Gasteiger partial charge in [0, 0.05) is 20.1 Å². The molecule has 0 aromatic rings. The maximum Gasteiger partial charge on any atom is 0.242 e. The molecular formula is C11H21N3O2. The molecular weight excluding hydrogens is 206 g/mol. The van der Waals surface area contributed by atoms with Crippen molar-refractivity contribution in [1.29, 1.82) is 0 Å². The number of rotatable bonds is 3. The minimum Gasteiger partial charge on any atom is -0.368 e. The largest absolute Gasteiger partial charge is 0.368 e. The maximum absolute atomic E-state index is 12.0. The maximum atomic E-state index is 12.0. The number of amides is 2. The average molecular weight is 227 g/mol. The molecule has 1 unspecified atom stereocenters. The summed E-state index contributed by atoms with van der Waals surface area (Å²) in [7, 11) is 1.78. The number of primary amides is 1. The summed E-state index contributed by atoms with van der Waals surface area (Å²) in [6, 6.07) is -0.354. The fraction of sp³-hybridized carbons (Fsp3) is 0.818. The molecule has 0 saturated carbocycles. The van der Waals surface area contributed by atoms with Crippen molar-refractivity contribution in [3.8, 4) is 0 Å². The van der Waals surface area contributed by atoms with Gasteiger partial charge in [0.25, 0.3) is 0 Å².